The number of benzene rings is 1. The number of esters is 1. The predicted molar refractivity (Wildman–Crippen MR) is 93.9 cm³/mol. The molecule has 0 bridgehead atoms. The summed E-state index contributed by atoms with van der Waals surface area (Å²) in [5.41, 5.74) is -0.0579. The molecule has 0 heterocycles. The minimum Gasteiger partial charge on any atom is -0.452 e. The first kappa shape index (κ1) is 19.4. The van der Waals surface area contributed by atoms with E-state index in [0.29, 0.717) is 11.8 Å². The largest absolute Gasteiger partial charge is 0.452 e. The van der Waals surface area contributed by atoms with Gasteiger partial charge in [-0.3, -0.25) is 4.79 Å². The molecule has 1 aromatic rings. The zero-order valence-electron chi connectivity index (χ0n) is 14.8. The zero-order valence-corrected chi connectivity index (χ0v) is 15.6. The second kappa shape index (κ2) is 7.99. The van der Waals surface area contributed by atoms with E-state index in [1.165, 1.54) is 18.2 Å². The molecular weight excluding hydrogens is 342 g/mol. The fraction of sp³-hybridized carbons (Fsp3) is 0.556. The van der Waals surface area contributed by atoms with Crippen LogP contribution in [0.25, 0.3) is 0 Å². The highest BCUT2D eigenvalue weighted by molar-refractivity contribution is 7.90. The van der Waals surface area contributed by atoms with Gasteiger partial charge in [-0.25, -0.2) is 13.2 Å². The predicted octanol–water partition coefficient (Wildman–Crippen LogP) is 2.19. The Labute approximate surface area is 148 Å². The van der Waals surface area contributed by atoms with Crippen LogP contribution < -0.4 is 5.32 Å². The summed E-state index contributed by atoms with van der Waals surface area (Å²) in [6.07, 6.45) is 4.17. The van der Waals surface area contributed by atoms with Crippen molar-refractivity contribution in [3.63, 3.8) is 0 Å². The smallest absolute Gasteiger partial charge is 0.339 e. The summed E-state index contributed by atoms with van der Waals surface area (Å²) in [5.74, 6) is -0.264. The van der Waals surface area contributed by atoms with Gasteiger partial charge in [-0.05, 0) is 30.4 Å². The van der Waals surface area contributed by atoms with Crippen LogP contribution in [0.2, 0.25) is 0 Å². The number of sulfone groups is 1. The van der Waals surface area contributed by atoms with Crippen LogP contribution in [0.4, 0.5) is 0 Å². The lowest BCUT2D eigenvalue weighted by Crippen LogP contribution is -2.45. The normalized spacial score (nSPS) is 23.7. The molecule has 0 aromatic heterocycles. The molecule has 0 unspecified atom stereocenters. The Balaban J connectivity index is 1.95. The molecule has 7 heteroatoms. The van der Waals surface area contributed by atoms with Crippen LogP contribution in [0.15, 0.2) is 29.2 Å². The Hall–Kier alpha value is -1.89. The fourth-order valence-corrected chi connectivity index (χ4v) is 4.08. The summed E-state index contributed by atoms with van der Waals surface area (Å²) in [6.45, 7) is 3.86. The van der Waals surface area contributed by atoms with Gasteiger partial charge in [0.15, 0.2) is 16.4 Å². The van der Waals surface area contributed by atoms with Crippen LogP contribution >= 0.6 is 0 Å². The van der Waals surface area contributed by atoms with Crippen molar-refractivity contribution >= 4 is 21.7 Å². The SMILES string of the molecule is C[C@H]1[C@@H](NC(=O)COC(=O)c2ccccc2S(C)(=O)=O)CCC[C@@H]1C. The number of carbonyl (C=O) groups is 2. The van der Waals surface area contributed by atoms with E-state index in [1.54, 1.807) is 6.07 Å². The van der Waals surface area contributed by atoms with E-state index in [9.17, 15) is 18.0 Å². The molecule has 2 rings (SSSR count). The van der Waals surface area contributed by atoms with Gasteiger partial charge >= 0.3 is 5.97 Å². The van der Waals surface area contributed by atoms with Gasteiger partial charge in [-0.2, -0.15) is 0 Å². The van der Waals surface area contributed by atoms with Crippen molar-refractivity contribution in [2.45, 2.75) is 44.0 Å². The van der Waals surface area contributed by atoms with Crippen LogP contribution in [0, 0.1) is 11.8 Å². The first-order valence-corrected chi connectivity index (χ1v) is 10.3. The maximum Gasteiger partial charge on any atom is 0.339 e. The van der Waals surface area contributed by atoms with Crippen molar-refractivity contribution in [1.29, 1.82) is 0 Å². The molecule has 1 aliphatic carbocycles. The quantitative estimate of drug-likeness (QED) is 0.806. The minimum absolute atomic E-state index is 0.0579. The Morgan fingerprint density at radius 3 is 2.56 bits per heavy atom. The lowest BCUT2D eigenvalue weighted by Gasteiger charge is -2.34. The minimum atomic E-state index is -3.55. The standard InChI is InChI=1S/C18H25NO5S/c1-12-7-6-9-15(13(12)2)19-17(20)11-24-18(21)14-8-4-5-10-16(14)25(3,22)23/h4-5,8,10,12-13,15H,6-7,9,11H2,1-3H3,(H,19,20)/t12-,13+,15-/m0/s1. The molecule has 25 heavy (non-hydrogen) atoms. The number of nitrogens with one attached hydrogen (secondary N) is 1. The second-order valence-corrected chi connectivity index (χ2v) is 8.77. The van der Waals surface area contributed by atoms with E-state index in [2.05, 4.69) is 19.2 Å². The number of hydrogen-bond donors (Lipinski definition) is 1. The van der Waals surface area contributed by atoms with E-state index in [-0.39, 0.29) is 22.4 Å². The van der Waals surface area contributed by atoms with Crippen molar-refractivity contribution < 1.29 is 22.7 Å². The third kappa shape index (κ3) is 5.04. The molecule has 1 aromatic carbocycles. The Morgan fingerprint density at radius 1 is 1.20 bits per heavy atom. The highest BCUT2D eigenvalue weighted by Crippen LogP contribution is 2.29. The summed E-state index contributed by atoms with van der Waals surface area (Å²) < 4.78 is 28.5. The molecule has 1 aliphatic rings. The maximum absolute atomic E-state index is 12.2. The van der Waals surface area contributed by atoms with Crippen molar-refractivity contribution in [2.75, 3.05) is 12.9 Å². The van der Waals surface area contributed by atoms with E-state index in [0.717, 1.165) is 25.5 Å². The topological polar surface area (TPSA) is 89.5 Å². The van der Waals surface area contributed by atoms with Gasteiger partial charge in [-0.15, -0.1) is 0 Å². The summed E-state index contributed by atoms with van der Waals surface area (Å²) in [5, 5.41) is 2.92. The van der Waals surface area contributed by atoms with E-state index >= 15 is 0 Å². The molecule has 0 radical (unpaired) electrons. The van der Waals surface area contributed by atoms with Gasteiger partial charge in [0.1, 0.15) is 0 Å². The lowest BCUT2D eigenvalue weighted by molar-refractivity contribution is -0.125. The molecule has 1 fully saturated rings. The van der Waals surface area contributed by atoms with Crippen LogP contribution in [0.3, 0.4) is 0 Å². The van der Waals surface area contributed by atoms with Gasteiger partial charge < -0.3 is 10.1 Å². The number of amides is 1. The zero-order chi connectivity index (χ0) is 18.6. The van der Waals surface area contributed by atoms with Crippen LogP contribution in [0.1, 0.15) is 43.5 Å². The highest BCUT2D eigenvalue weighted by Gasteiger charge is 2.28. The van der Waals surface area contributed by atoms with Gasteiger partial charge in [0.2, 0.25) is 0 Å². The van der Waals surface area contributed by atoms with Crippen molar-refractivity contribution in [2.24, 2.45) is 11.8 Å². The number of ether oxygens (including phenoxy) is 1. The summed E-state index contributed by atoms with van der Waals surface area (Å²) in [7, 11) is -3.55. The Kier molecular flexibility index (Phi) is 6.21. The first-order valence-electron chi connectivity index (χ1n) is 8.45. The van der Waals surface area contributed by atoms with Crippen molar-refractivity contribution in [3.05, 3.63) is 29.8 Å². The molecule has 0 saturated heterocycles. The number of carbonyl (C=O) groups excluding carboxylic acids is 2. The molecule has 0 aliphatic heterocycles. The first-order chi connectivity index (χ1) is 11.7. The van der Waals surface area contributed by atoms with Crippen molar-refractivity contribution in [3.8, 4) is 0 Å². The second-order valence-electron chi connectivity index (χ2n) is 6.79. The van der Waals surface area contributed by atoms with Crippen LogP contribution in [-0.4, -0.2) is 39.2 Å². The number of rotatable bonds is 5. The van der Waals surface area contributed by atoms with Crippen LogP contribution in [0.5, 0.6) is 0 Å². The monoisotopic (exact) mass is 367 g/mol. The van der Waals surface area contributed by atoms with E-state index in [4.69, 9.17) is 4.74 Å². The number of hydrogen-bond acceptors (Lipinski definition) is 5. The third-order valence-electron chi connectivity index (χ3n) is 4.89. The van der Waals surface area contributed by atoms with Crippen molar-refractivity contribution in [1.82, 2.24) is 5.32 Å². The van der Waals surface area contributed by atoms with Gasteiger partial charge in [-0.1, -0.05) is 38.8 Å². The molecule has 0 spiro atoms. The summed E-state index contributed by atoms with van der Waals surface area (Å²) in [4.78, 5) is 24.1. The fourth-order valence-electron chi connectivity index (χ4n) is 3.20. The molecule has 6 nitrogen and oxygen atoms in total. The molecule has 3 atom stereocenters. The average molecular weight is 367 g/mol. The molecule has 138 valence electrons. The van der Waals surface area contributed by atoms with E-state index < -0.39 is 22.4 Å². The summed E-state index contributed by atoms with van der Waals surface area (Å²) in [6, 6.07) is 5.89. The van der Waals surface area contributed by atoms with Gasteiger partial charge in [0, 0.05) is 12.3 Å². The maximum atomic E-state index is 12.2. The molecular formula is C18H25NO5S. The van der Waals surface area contributed by atoms with Gasteiger partial charge in [0.05, 0.1) is 10.5 Å². The Morgan fingerprint density at radius 2 is 1.88 bits per heavy atom. The van der Waals surface area contributed by atoms with Crippen LogP contribution in [-0.2, 0) is 19.4 Å². The lowest BCUT2D eigenvalue weighted by atomic mass is 9.78. The average Bonchev–Trinajstić information content (AvgIpc) is 2.56. The highest BCUT2D eigenvalue weighted by atomic mass is 32.2. The molecule has 1 amide bonds. The molecule has 1 N–H and O–H groups in total. The third-order valence-corrected chi connectivity index (χ3v) is 6.05. The molecule has 1 saturated carbocycles. The van der Waals surface area contributed by atoms with E-state index in [1.807, 2.05) is 0 Å². The van der Waals surface area contributed by atoms with Gasteiger partial charge in [0.25, 0.3) is 5.91 Å². The summed E-state index contributed by atoms with van der Waals surface area (Å²) >= 11 is 0. The Bertz CT molecular complexity index is 744.